The van der Waals surface area contributed by atoms with Crippen LogP contribution in [0.15, 0.2) is 90.0 Å². The summed E-state index contributed by atoms with van der Waals surface area (Å²) in [6.07, 6.45) is 0.183. The lowest BCUT2D eigenvalue weighted by atomic mass is 9.98. The molecule has 0 saturated carbocycles. The van der Waals surface area contributed by atoms with Gasteiger partial charge in [-0.1, -0.05) is 66.7 Å². The molecule has 0 fully saturated rings. The summed E-state index contributed by atoms with van der Waals surface area (Å²) >= 11 is 0. The van der Waals surface area contributed by atoms with Gasteiger partial charge in [-0.2, -0.15) is 5.10 Å². The first-order chi connectivity index (χ1) is 12.8. The van der Waals surface area contributed by atoms with Gasteiger partial charge < -0.3 is 4.74 Å². The van der Waals surface area contributed by atoms with Gasteiger partial charge in [-0.05, 0) is 23.8 Å². The summed E-state index contributed by atoms with van der Waals surface area (Å²) in [7, 11) is 0. The normalized spacial score (nSPS) is 16.1. The molecule has 128 valence electrons. The number of carbonyl (C=O) groups is 1. The molecule has 1 atom stereocenters. The Kier molecular flexibility index (Phi) is 4.48. The van der Waals surface area contributed by atoms with Gasteiger partial charge in [0.1, 0.15) is 6.10 Å². The van der Waals surface area contributed by atoms with Crippen molar-refractivity contribution in [3.63, 3.8) is 0 Å². The fourth-order valence-electron chi connectivity index (χ4n) is 3.05. The highest BCUT2D eigenvalue weighted by atomic mass is 16.5. The molecule has 0 radical (unpaired) electrons. The lowest BCUT2D eigenvalue weighted by Crippen LogP contribution is -2.11. The molecule has 4 rings (SSSR count). The molecule has 0 aliphatic carbocycles. The van der Waals surface area contributed by atoms with Crippen molar-refractivity contribution >= 4 is 17.4 Å². The third-order valence-electron chi connectivity index (χ3n) is 4.36. The van der Waals surface area contributed by atoms with Gasteiger partial charge in [0.25, 0.3) is 0 Å². The molecule has 3 aromatic rings. The summed E-state index contributed by atoms with van der Waals surface area (Å²) in [5, 5.41) is 4.60. The Morgan fingerprint density at radius 3 is 2.31 bits per heavy atom. The molecule has 0 amide bonds. The largest absolute Gasteiger partial charge is 0.453 e. The van der Waals surface area contributed by atoms with Crippen LogP contribution < -0.4 is 5.43 Å². The minimum Gasteiger partial charge on any atom is -0.453 e. The van der Waals surface area contributed by atoms with Crippen LogP contribution in [-0.4, -0.2) is 11.7 Å². The topological polar surface area (TPSA) is 50.7 Å². The predicted molar refractivity (Wildman–Crippen MR) is 102 cm³/mol. The molecule has 1 N–H and O–H groups in total. The molecule has 1 aliphatic heterocycles. The summed E-state index contributed by atoms with van der Waals surface area (Å²) in [5.74, 6) is -0.269. The van der Waals surface area contributed by atoms with Crippen LogP contribution in [-0.2, 0) is 4.74 Å². The zero-order chi connectivity index (χ0) is 17.8. The minimum atomic E-state index is -0.324. The van der Waals surface area contributed by atoms with E-state index in [1.54, 1.807) is 6.07 Å². The number of hydrazone groups is 1. The molecule has 1 unspecified atom stereocenters. The van der Waals surface area contributed by atoms with Gasteiger partial charge in [0, 0.05) is 12.0 Å². The number of esters is 1. The predicted octanol–water partition coefficient (Wildman–Crippen LogP) is 4.80. The standard InChI is InChI=1S/C22H18N2O2/c25-22-19-14-8-7-13-18(19)21(26-22)15-20(16-9-3-1-4-10-16)24-23-17-11-5-2-6-12-17/h1-14,21,23H,15H2/b24-20-. The molecule has 4 heteroatoms. The fourth-order valence-corrected chi connectivity index (χ4v) is 3.05. The van der Waals surface area contributed by atoms with E-state index in [-0.39, 0.29) is 12.1 Å². The SMILES string of the molecule is O=C1OC(C/C(=N/Nc2ccccc2)c2ccccc2)c2ccccc21. The van der Waals surface area contributed by atoms with Crippen LogP contribution >= 0.6 is 0 Å². The molecule has 1 aliphatic rings. The number of nitrogens with one attached hydrogen (secondary N) is 1. The third-order valence-corrected chi connectivity index (χ3v) is 4.36. The van der Waals surface area contributed by atoms with E-state index in [1.807, 2.05) is 78.9 Å². The molecular formula is C22H18N2O2. The number of fused-ring (bicyclic) bond motifs is 1. The number of hydrogen-bond acceptors (Lipinski definition) is 4. The van der Waals surface area contributed by atoms with Crippen LogP contribution in [0.5, 0.6) is 0 Å². The van der Waals surface area contributed by atoms with Gasteiger partial charge in [0.05, 0.1) is 17.0 Å². The number of nitrogens with zero attached hydrogens (tertiary/aromatic N) is 1. The van der Waals surface area contributed by atoms with E-state index < -0.39 is 0 Å². The number of ether oxygens (including phenoxy) is 1. The first-order valence-electron chi connectivity index (χ1n) is 8.54. The summed E-state index contributed by atoms with van der Waals surface area (Å²) in [6, 6.07) is 27.2. The second-order valence-corrected chi connectivity index (χ2v) is 6.09. The molecule has 0 bridgehead atoms. The van der Waals surface area contributed by atoms with Gasteiger partial charge in [0.2, 0.25) is 0 Å². The van der Waals surface area contributed by atoms with Gasteiger partial charge in [-0.15, -0.1) is 0 Å². The molecular weight excluding hydrogens is 324 g/mol. The smallest absolute Gasteiger partial charge is 0.339 e. The number of cyclic esters (lactones) is 1. The van der Waals surface area contributed by atoms with E-state index in [0.717, 1.165) is 22.5 Å². The number of para-hydroxylation sites is 1. The van der Waals surface area contributed by atoms with E-state index in [2.05, 4.69) is 10.5 Å². The van der Waals surface area contributed by atoms with E-state index >= 15 is 0 Å². The molecule has 0 aromatic heterocycles. The van der Waals surface area contributed by atoms with Crippen molar-refractivity contribution in [1.29, 1.82) is 0 Å². The van der Waals surface area contributed by atoms with E-state index in [0.29, 0.717) is 12.0 Å². The number of anilines is 1. The van der Waals surface area contributed by atoms with Crippen LogP contribution in [0.4, 0.5) is 5.69 Å². The Labute approximate surface area is 152 Å². The van der Waals surface area contributed by atoms with Crippen LogP contribution in [0.3, 0.4) is 0 Å². The highest BCUT2D eigenvalue weighted by molar-refractivity contribution is 6.02. The van der Waals surface area contributed by atoms with Crippen LogP contribution in [0.25, 0.3) is 0 Å². The zero-order valence-corrected chi connectivity index (χ0v) is 14.1. The van der Waals surface area contributed by atoms with Crippen LogP contribution in [0.1, 0.15) is 34.0 Å². The van der Waals surface area contributed by atoms with Gasteiger partial charge >= 0.3 is 5.97 Å². The summed E-state index contributed by atoms with van der Waals surface area (Å²) in [5.41, 5.74) is 7.40. The lowest BCUT2D eigenvalue weighted by Gasteiger charge is -2.14. The van der Waals surface area contributed by atoms with Crippen molar-refractivity contribution in [2.75, 3.05) is 5.43 Å². The van der Waals surface area contributed by atoms with Crippen molar-refractivity contribution in [2.45, 2.75) is 12.5 Å². The quantitative estimate of drug-likeness (QED) is 0.411. The Bertz CT molecular complexity index is 937. The van der Waals surface area contributed by atoms with Crippen molar-refractivity contribution < 1.29 is 9.53 Å². The number of benzene rings is 3. The maximum atomic E-state index is 12.1. The first-order valence-corrected chi connectivity index (χ1v) is 8.54. The first kappa shape index (κ1) is 16.1. The fraction of sp³-hybridized carbons (Fsp3) is 0.0909. The highest BCUT2D eigenvalue weighted by Crippen LogP contribution is 2.33. The second-order valence-electron chi connectivity index (χ2n) is 6.09. The maximum absolute atomic E-state index is 12.1. The number of rotatable bonds is 5. The Balaban J connectivity index is 1.63. The summed E-state index contributed by atoms with van der Waals surface area (Å²) in [4.78, 5) is 12.1. The molecule has 0 saturated heterocycles. The van der Waals surface area contributed by atoms with E-state index in [4.69, 9.17) is 4.74 Å². The molecule has 4 nitrogen and oxygen atoms in total. The minimum absolute atomic E-state index is 0.269. The Hall–Kier alpha value is -3.40. The zero-order valence-electron chi connectivity index (χ0n) is 14.1. The Morgan fingerprint density at radius 1 is 0.885 bits per heavy atom. The van der Waals surface area contributed by atoms with Crippen molar-refractivity contribution in [2.24, 2.45) is 5.10 Å². The van der Waals surface area contributed by atoms with E-state index in [1.165, 1.54) is 0 Å². The highest BCUT2D eigenvalue weighted by Gasteiger charge is 2.31. The average molecular weight is 342 g/mol. The van der Waals surface area contributed by atoms with Crippen molar-refractivity contribution in [1.82, 2.24) is 0 Å². The third kappa shape index (κ3) is 3.35. The number of hydrogen-bond donors (Lipinski definition) is 1. The monoisotopic (exact) mass is 342 g/mol. The van der Waals surface area contributed by atoms with Crippen molar-refractivity contribution in [3.05, 3.63) is 102 Å². The van der Waals surface area contributed by atoms with Crippen LogP contribution in [0, 0.1) is 0 Å². The second kappa shape index (κ2) is 7.23. The van der Waals surface area contributed by atoms with Gasteiger partial charge in [0.15, 0.2) is 0 Å². The lowest BCUT2D eigenvalue weighted by molar-refractivity contribution is 0.0400. The van der Waals surface area contributed by atoms with Crippen molar-refractivity contribution in [3.8, 4) is 0 Å². The molecule has 1 heterocycles. The summed E-state index contributed by atoms with van der Waals surface area (Å²) < 4.78 is 5.59. The Morgan fingerprint density at radius 2 is 1.54 bits per heavy atom. The summed E-state index contributed by atoms with van der Waals surface area (Å²) in [6.45, 7) is 0. The maximum Gasteiger partial charge on any atom is 0.339 e. The van der Waals surface area contributed by atoms with Gasteiger partial charge in [-0.3, -0.25) is 5.43 Å². The average Bonchev–Trinajstić information content (AvgIpc) is 3.02. The molecule has 0 spiro atoms. The van der Waals surface area contributed by atoms with Gasteiger partial charge in [-0.25, -0.2) is 4.79 Å². The molecule has 26 heavy (non-hydrogen) atoms. The molecule has 3 aromatic carbocycles. The van der Waals surface area contributed by atoms with E-state index in [9.17, 15) is 4.79 Å². The number of carbonyl (C=O) groups excluding carboxylic acids is 1. The van der Waals surface area contributed by atoms with Crippen LogP contribution in [0.2, 0.25) is 0 Å².